The van der Waals surface area contributed by atoms with Crippen LogP contribution in [-0.2, 0) is 0 Å². The van der Waals surface area contributed by atoms with Crippen molar-refractivity contribution in [2.24, 2.45) is 5.41 Å². The van der Waals surface area contributed by atoms with Gasteiger partial charge in [0.2, 0.25) is 0 Å². The van der Waals surface area contributed by atoms with Crippen LogP contribution in [0.2, 0.25) is 0 Å². The second-order valence-corrected chi connectivity index (χ2v) is 5.99. The van der Waals surface area contributed by atoms with Crippen LogP contribution in [0, 0.1) is 5.41 Å². The SMILES string of the molecule is O=C(O)N1CC(c2ccc(NCC3(C(F)(F)F)CC3)cn2)C1. The number of pyridine rings is 1. The Morgan fingerprint density at radius 1 is 1.41 bits per heavy atom. The van der Waals surface area contributed by atoms with Crippen molar-refractivity contribution in [2.45, 2.75) is 24.9 Å². The molecule has 1 aliphatic heterocycles. The standard InChI is InChI=1S/C14H16F3N3O2/c15-14(16,17)13(3-4-13)8-19-10-1-2-11(18-5-10)9-6-20(7-9)12(21)22/h1-2,5,9,19H,3-4,6-8H2,(H,21,22). The molecular formula is C14H16F3N3O2. The summed E-state index contributed by atoms with van der Waals surface area (Å²) in [6, 6.07) is 3.43. The topological polar surface area (TPSA) is 65.5 Å². The van der Waals surface area contributed by atoms with Crippen molar-refractivity contribution in [2.75, 3.05) is 25.0 Å². The number of amides is 1. The van der Waals surface area contributed by atoms with Gasteiger partial charge in [0.1, 0.15) is 0 Å². The molecule has 1 saturated heterocycles. The molecule has 2 N–H and O–H groups in total. The first kappa shape index (κ1) is 14.9. The fourth-order valence-electron chi connectivity index (χ4n) is 2.56. The van der Waals surface area contributed by atoms with E-state index < -0.39 is 17.7 Å². The van der Waals surface area contributed by atoms with E-state index in [1.165, 1.54) is 11.1 Å². The summed E-state index contributed by atoms with van der Waals surface area (Å²) in [6.45, 7) is 0.687. The Morgan fingerprint density at radius 2 is 2.09 bits per heavy atom. The Morgan fingerprint density at radius 3 is 2.55 bits per heavy atom. The first-order chi connectivity index (χ1) is 10.3. The number of nitrogens with zero attached hydrogens (tertiary/aromatic N) is 2. The van der Waals surface area contributed by atoms with Crippen LogP contribution in [0.5, 0.6) is 0 Å². The van der Waals surface area contributed by atoms with Crippen molar-refractivity contribution in [1.29, 1.82) is 0 Å². The largest absolute Gasteiger partial charge is 0.465 e. The number of hydrogen-bond donors (Lipinski definition) is 2. The molecule has 0 unspecified atom stereocenters. The van der Waals surface area contributed by atoms with E-state index in [0.29, 0.717) is 18.8 Å². The van der Waals surface area contributed by atoms with Crippen molar-refractivity contribution in [1.82, 2.24) is 9.88 Å². The first-order valence-corrected chi connectivity index (χ1v) is 7.05. The maximum Gasteiger partial charge on any atom is 0.407 e. The van der Waals surface area contributed by atoms with E-state index in [-0.39, 0.29) is 25.3 Å². The Labute approximate surface area is 125 Å². The molecule has 0 atom stereocenters. The molecule has 5 nitrogen and oxygen atoms in total. The third kappa shape index (κ3) is 2.69. The highest BCUT2D eigenvalue weighted by atomic mass is 19.4. The summed E-state index contributed by atoms with van der Waals surface area (Å²) in [5.41, 5.74) is -0.268. The molecule has 1 aromatic rings. The maximum atomic E-state index is 12.8. The van der Waals surface area contributed by atoms with Gasteiger partial charge in [-0.2, -0.15) is 13.2 Å². The van der Waals surface area contributed by atoms with E-state index in [0.717, 1.165) is 5.69 Å². The lowest BCUT2D eigenvalue weighted by molar-refractivity contribution is -0.182. The van der Waals surface area contributed by atoms with Crippen LogP contribution in [-0.4, -0.2) is 46.9 Å². The highest BCUT2D eigenvalue weighted by Crippen LogP contribution is 2.57. The molecule has 1 aromatic heterocycles. The average Bonchev–Trinajstić information content (AvgIpc) is 3.16. The zero-order chi connectivity index (χ0) is 16.0. The first-order valence-electron chi connectivity index (χ1n) is 7.05. The number of anilines is 1. The van der Waals surface area contributed by atoms with E-state index in [9.17, 15) is 18.0 Å². The maximum absolute atomic E-state index is 12.8. The predicted octanol–water partition coefficient (Wildman–Crippen LogP) is 2.91. The minimum atomic E-state index is -4.17. The minimum absolute atomic E-state index is 0.0649. The van der Waals surface area contributed by atoms with Gasteiger partial charge < -0.3 is 15.3 Å². The predicted molar refractivity (Wildman–Crippen MR) is 72.8 cm³/mol. The molecule has 1 amide bonds. The van der Waals surface area contributed by atoms with Gasteiger partial charge >= 0.3 is 12.3 Å². The van der Waals surface area contributed by atoms with Crippen LogP contribution in [0.3, 0.4) is 0 Å². The second kappa shape index (κ2) is 5.03. The van der Waals surface area contributed by atoms with E-state index in [1.54, 1.807) is 12.1 Å². The van der Waals surface area contributed by atoms with E-state index in [2.05, 4.69) is 10.3 Å². The monoisotopic (exact) mass is 315 g/mol. The molecular weight excluding hydrogens is 299 g/mol. The van der Waals surface area contributed by atoms with Crippen LogP contribution >= 0.6 is 0 Å². The number of hydrogen-bond acceptors (Lipinski definition) is 3. The fourth-order valence-corrected chi connectivity index (χ4v) is 2.56. The Hall–Kier alpha value is -1.99. The molecule has 1 saturated carbocycles. The highest BCUT2D eigenvalue weighted by molar-refractivity contribution is 5.66. The number of halogens is 3. The molecule has 0 aromatic carbocycles. The van der Waals surface area contributed by atoms with Crippen LogP contribution in [0.15, 0.2) is 18.3 Å². The molecule has 1 aliphatic carbocycles. The van der Waals surface area contributed by atoms with Gasteiger partial charge in [-0.05, 0) is 25.0 Å². The third-order valence-electron chi connectivity index (χ3n) is 4.44. The molecule has 2 heterocycles. The Bertz CT molecular complexity index is 564. The zero-order valence-electron chi connectivity index (χ0n) is 11.7. The summed E-state index contributed by atoms with van der Waals surface area (Å²) < 4.78 is 38.4. The summed E-state index contributed by atoms with van der Waals surface area (Å²) in [5, 5.41) is 11.6. The lowest BCUT2D eigenvalue weighted by atomic mass is 9.96. The van der Waals surface area contributed by atoms with Crippen molar-refractivity contribution in [3.63, 3.8) is 0 Å². The molecule has 0 radical (unpaired) electrons. The van der Waals surface area contributed by atoms with Crippen molar-refractivity contribution < 1.29 is 23.1 Å². The van der Waals surface area contributed by atoms with Gasteiger partial charge in [-0.3, -0.25) is 4.98 Å². The average molecular weight is 315 g/mol. The summed E-state index contributed by atoms with van der Waals surface area (Å²) in [6.07, 6.45) is -3.27. The van der Waals surface area contributed by atoms with Gasteiger partial charge in [-0.15, -0.1) is 0 Å². The number of alkyl halides is 3. The normalized spacial score (nSPS) is 20.4. The van der Waals surface area contributed by atoms with Gasteiger partial charge in [0.25, 0.3) is 0 Å². The lowest BCUT2D eigenvalue weighted by Gasteiger charge is -2.36. The van der Waals surface area contributed by atoms with Gasteiger partial charge in [-0.25, -0.2) is 4.79 Å². The number of nitrogens with one attached hydrogen (secondary N) is 1. The van der Waals surface area contributed by atoms with Gasteiger partial charge in [-0.1, -0.05) is 0 Å². The Kier molecular flexibility index (Phi) is 3.41. The van der Waals surface area contributed by atoms with E-state index >= 15 is 0 Å². The molecule has 8 heteroatoms. The van der Waals surface area contributed by atoms with Gasteiger partial charge in [0, 0.05) is 31.2 Å². The van der Waals surface area contributed by atoms with Crippen molar-refractivity contribution in [3.05, 3.63) is 24.0 Å². The van der Waals surface area contributed by atoms with Gasteiger partial charge in [0.05, 0.1) is 17.3 Å². The van der Waals surface area contributed by atoms with Crippen molar-refractivity contribution >= 4 is 11.8 Å². The molecule has 0 bridgehead atoms. The molecule has 22 heavy (non-hydrogen) atoms. The highest BCUT2D eigenvalue weighted by Gasteiger charge is 2.62. The zero-order valence-corrected chi connectivity index (χ0v) is 11.7. The minimum Gasteiger partial charge on any atom is -0.465 e. The molecule has 2 fully saturated rings. The van der Waals surface area contributed by atoms with Crippen molar-refractivity contribution in [3.8, 4) is 0 Å². The van der Waals surface area contributed by atoms with Crippen LogP contribution in [0.4, 0.5) is 23.7 Å². The summed E-state index contributed by atoms with van der Waals surface area (Å²) >= 11 is 0. The lowest BCUT2D eigenvalue weighted by Crippen LogP contribution is -2.48. The molecule has 0 spiro atoms. The summed E-state index contributed by atoms with van der Waals surface area (Å²) in [4.78, 5) is 16.2. The smallest absolute Gasteiger partial charge is 0.407 e. The van der Waals surface area contributed by atoms with Gasteiger partial charge in [0.15, 0.2) is 0 Å². The Balaban J connectivity index is 1.54. The quantitative estimate of drug-likeness (QED) is 0.896. The number of carbonyl (C=O) groups is 1. The van der Waals surface area contributed by atoms with Crippen LogP contribution in [0.1, 0.15) is 24.5 Å². The van der Waals surface area contributed by atoms with Crippen LogP contribution < -0.4 is 5.32 Å². The number of aromatic nitrogens is 1. The number of rotatable bonds is 4. The second-order valence-electron chi connectivity index (χ2n) is 5.99. The van der Waals surface area contributed by atoms with Crippen LogP contribution in [0.25, 0.3) is 0 Å². The van der Waals surface area contributed by atoms with E-state index in [1.807, 2.05) is 0 Å². The number of carboxylic acid groups (broad SMARTS) is 1. The third-order valence-corrected chi connectivity index (χ3v) is 4.44. The molecule has 3 rings (SSSR count). The number of likely N-dealkylation sites (tertiary alicyclic amines) is 1. The summed E-state index contributed by atoms with van der Waals surface area (Å²) in [7, 11) is 0. The summed E-state index contributed by atoms with van der Waals surface area (Å²) in [5.74, 6) is 0.0649. The molecule has 2 aliphatic rings. The van der Waals surface area contributed by atoms with E-state index in [4.69, 9.17) is 5.11 Å². The molecule has 120 valence electrons. The fraction of sp³-hybridized carbons (Fsp3) is 0.571.